The molecule has 2 heteroatoms. The Kier molecular flexibility index (Phi) is 1.91. The molecule has 0 aromatic carbocycles. The van der Waals surface area contributed by atoms with Gasteiger partial charge in [-0.05, 0) is 6.07 Å². The van der Waals surface area contributed by atoms with Gasteiger partial charge in [-0.3, -0.25) is 0 Å². The van der Waals surface area contributed by atoms with Crippen molar-refractivity contribution in [1.82, 2.24) is 4.98 Å². The van der Waals surface area contributed by atoms with Crippen molar-refractivity contribution in [3.05, 3.63) is 23.9 Å². The van der Waals surface area contributed by atoms with Gasteiger partial charge in [0.25, 0.3) is 0 Å². The third-order valence-corrected chi connectivity index (χ3v) is 1.11. The average Bonchev–Trinajstić information content (AvgIpc) is 2.05. The predicted molar refractivity (Wildman–Crippen MR) is 38.7 cm³/mol. The Morgan fingerprint density at radius 1 is 1.70 bits per heavy atom. The molecule has 1 aromatic rings. The van der Waals surface area contributed by atoms with Gasteiger partial charge in [-0.25, -0.2) is 4.98 Å². The zero-order valence-electron chi connectivity index (χ0n) is 5.66. The van der Waals surface area contributed by atoms with Crippen LogP contribution in [0, 0.1) is 12.3 Å². The molecule has 50 valence electrons. The van der Waals surface area contributed by atoms with Crippen LogP contribution >= 0.6 is 0 Å². The van der Waals surface area contributed by atoms with Gasteiger partial charge in [-0.1, -0.05) is 5.92 Å². The third kappa shape index (κ3) is 1.26. The van der Waals surface area contributed by atoms with E-state index in [-0.39, 0.29) is 0 Å². The minimum absolute atomic E-state index is 0.551. The molecule has 0 spiro atoms. The number of methoxy groups -OCH3 is 1. The number of hydrogen-bond acceptors (Lipinski definition) is 2. The summed E-state index contributed by atoms with van der Waals surface area (Å²) in [4.78, 5) is 3.89. The van der Waals surface area contributed by atoms with Gasteiger partial charge in [0.05, 0.1) is 7.11 Å². The Balaban J connectivity index is 3.01. The minimum Gasteiger partial charge on any atom is -0.481 e. The number of pyridine rings is 1. The summed E-state index contributed by atoms with van der Waals surface area (Å²) >= 11 is 0. The molecule has 1 heterocycles. The van der Waals surface area contributed by atoms with E-state index < -0.39 is 0 Å². The Bertz CT molecular complexity index is 262. The normalized spacial score (nSPS) is 8.40. The van der Waals surface area contributed by atoms with Crippen molar-refractivity contribution in [1.29, 1.82) is 0 Å². The van der Waals surface area contributed by atoms with Crippen LogP contribution in [0.3, 0.4) is 0 Å². The highest BCUT2D eigenvalue weighted by Gasteiger charge is 1.90. The molecule has 0 amide bonds. The second-order valence-electron chi connectivity index (χ2n) is 1.73. The van der Waals surface area contributed by atoms with Crippen LogP contribution in [0.4, 0.5) is 0 Å². The lowest BCUT2D eigenvalue weighted by atomic mass is 10.3. The van der Waals surface area contributed by atoms with E-state index in [9.17, 15) is 0 Å². The molecule has 1 aromatic heterocycles. The quantitative estimate of drug-likeness (QED) is 0.534. The summed E-state index contributed by atoms with van der Waals surface area (Å²) in [5.41, 5.74) is 0.784. The van der Waals surface area contributed by atoms with E-state index in [0.29, 0.717) is 5.88 Å². The van der Waals surface area contributed by atoms with E-state index in [1.807, 2.05) is 0 Å². The van der Waals surface area contributed by atoms with Crippen molar-refractivity contribution in [2.75, 3.05) is 7.11 Å². The highest BCUT2D eigenvalue weighted by molar-refractivity contribution is 5.33. The lowest BCUT2D eigenvalue weighted by Crippen LogP contribution is -1.86. The van der Waals surface area contributed by atoms with E-state index >= 15 is 0 Å². The number of hydrogen-bond donors (Lipinski definition) is 0. The second kappa shape index (κ2) is 2.88. The largest absolute Gasteiger partial charge is 0.481 e. The summed E-state index contributed by atoms with van der Waals surface area (Å²) in [7, 11) is 1.56. The van der Waals surface area contributed by atoms with Crippen LogP contribution in [0.15, 0.2) is 18.3 Å². The molecule has 10 heavy (non-hydrogen) atoms. The van der Waals surface area contributed by atoms with Gasteiger partial charge in [0, 0.05) is 17.8 Å². The molecule has 1 rings (SSSR count). The van der Waals surface area contributed by atoms with Gasteiger partial charge in [-0.2, -0.15) is 0 Å². The monoisotopic (exact) mass is 133 g/mol. The third-order valence-electron chi connectivity index (χ3n) is 1.11. The molecule has 0 bridgehead atoms. The summed E-state index contributed by atoms with van der Waals surface area (Å²) < 4.78 is 4.85. The van der Waals surface area contributed by atoms with Crippen LogP contribution in [0.5, 0.6) is 5.88 Å². The van der Waals surface area contributed by atoms with Gasteiger partial charge in [0.15, 0.2) is 0 Å². The Morgan fingerprint density at radius 2 is 2.50 bits per heavy atom. The standard InChI is InChI=1S/C8H7NO/c1-3-7-4-5-9-8(6-7)10-2/h1,4-6H,2H3. The van der Waals surface area contributed by atoms with Crippen molar-refractivity contribution >= 4 is 0 Å². The first-order valence-corrected chi connectivity index (χ1v) is 2.83. The van der Waals surface area contributed by atoms with Crippen molar-refractivity contribution in [3.8, 4) is 18.2 Å². The van der Waals surface area contributed by atoms with Crippen LogP contribution < -0.4 is 4.74 Å². The first-order valence-electron chi connectivity index (χ1n) is 2.83. The summed E-state index contributed by atoms with van der Waals surface area (Å²) in [5, 5.41) is 0. The molecule has 0 aliphatic carbocycles. The fourth-order valence-corrected chi connectivity index (χ4v) is 0.611. The molecule has 0 saturated heterocycles. The average molecular weight is 133 g/mol. The van der Waals surface area contributed by atoms with Gasteiger partial charge in [-0.15, -0.1) is 6.42 Å². The van der Waals surface area contributed by atoms with E-state index in [4.69, 9.17) is 11.2 Å². The molecule has 0 radical (unpaired) electrons. The second-order valence-corrected chi connectivity index (χ2v) is 1.73. The van der Waals surface area contributed by atoms with E-state index in [2.05, 4.69) is 10.9 Å². The first-order chi connectivity index (χ1) is 4.86. The molecule has 0 N–H and O–H groups in total. The maximum absolute atomic E-state index is 5.14. The van der Waals surface area contributed by atoms with E-state index in [0.717, 1.165) is 5.56 Å². The van der Waals surface area contributed by atoms with Gasteiger partial charge in [0.2, 0.25) is 5.88 Å². The maximum Gasteiger partial charge on any atom is 0.214 e. The highest BCUT2D eigenvalue weighted by Crippen LogP contribution is 2.06. The minimum atomic E-state index is 0.551. The number of ether oxygens (including phenoxy) is 1. The number of aromatic nitrogens is 1. The van der Waals surface area contributed by atoms with E-state index in [1.54, 1.807) is 25.4 Å². The smallest absolute Gasteiger partial charge is 0.214 e. The maximum atomic E-state index is 5.14. The van der Waals surface area contributed by atoms with Crippen LogP contribution in [0.25, 0.3) is 0 Å². The summed E-state index contributed by atoms with van der Waals surface area (Å²) in [5.74, 6) is 3.03. The first kappa shape index (κ1) is 6.63. The molecule has 0 fully saturated rings. The number of nitrogens with zero attached hydrogens (tertiary/aromatic N) is 1. The lowest BCUT2D eigenvalue weighted by molar-refractivity contribution is 0.398. The fourth-order valence-electron chi connectivity index (χ4n) is 0.611. The molecular formula is C8H7NO. The predicted octanol–water partition coefficient (Wildman–Crippen LogP) is 1.07. The zero-order valence-corrected chi connectivity index (χ0v) is 5.66. The Labute approximate surface area is 59.9 Å². The molecule has 0 aliphatic heterocycles. The van der Waals surface area contributed by atoms with Crippen LogP contribution in [-0.2, 0) is 0 Å². The molecule has 2 nitrogen and oxygen atoms in total. The SMILES string of the molecule is C#Cc1ccnc(OC)c1. The Morgan fingerprint density at radius 3 is 3.10 bits per heavy atom. The van der Waals surface area contributed by atoms with Crippen molar-refractivity contribution in [2.45, 2.75) is 0 Å². The molecule has 0 aliphatic rings. The molecule has 0 unspecified atom stereocenters. The van der Waals surface area contributed by atoms with Crippen molar-refractivity contribution in [2.24, 2.45) is 0 Å². The lowest BCUT2D eigenvalue weighted by Gasteiger charge is -1.96. The van der Waals surface area contributed by atoms with E-state index in [1.165, 1.54) is 0 Å². The summed E-state index contributed by atoms with van der Waals surface area (Å²) in [6.07, 6.45) is 6.76. The molecular weight excluding hydrogens is 126 g/mol. The van der Waals surface area contributed by atoms with Gasteiger partial charge in [0.1, 0.15) is 0 Å². The Hall–Kier alpha value is -1.49. The number of terminal acetylenes is 1. The summed E-state index contributed by atoms with van der Waals surface area (Å²) in [6, 6.07) is 3.46. The summed E-state index contributed by atoms with van der Waals surface area (Å²) in [6.45, 7) is 0. The van der Waals surface area contributed by atoms with Crippen molar-refractivity contribution in [3.63, 3.8) is 0 Å². The van der Waals surface area contributed by atoms with Gasteiger partial charge < -0.3 is 4.74 Å². The van der Waals surface area contributed by atoms with Crippen LogP contribution in [0.2, 0.25) is 0 Å². The van der Waals surface area contributed by atoms with Crippen LogP contribution in [-0.4, -0.2) is 12.1 Å². The fraction of sp³-hybridized carbons (Fsp3) is 0.125. The topological polar surface area (TPSA) is 22.1 Å². The molecule has 0 atom stereocenters. The van der Waals surface area contributed by atoms with Crippen LogP contribution in [0.1, 0.15) is 5.56 Å². The van der Waals surface area contributed by atoms with Crippen molar-refractivity contribution < 1.29 is 4.74 Å². The zero-order chi connectivity index (χ0) is 7.40. The van der Waals surface area contributed by atoms with Gasteiger partial charge >= 0.3 is 0 Å². The highest BCUT2D eigenvalue weighted by atomic mass is 16.5. The molecule has 0 saturated carbocycles. The number of rotatable bonds is 1.